The van der Waals surface area contributed by atoms with Crippen molar-refractivity contribution in [2.24, 2.45) is 0 Å². The topological polar surface area (TPSA) is 40.6 Å². The molecule has 1 aliphatic heterocycles. The van der Waals surface area contributed by atoms with Gasteiger partial charge in [0.2, 0.25) is 5.91 Å². The minimum atomic E-state index is -4.56. The van der Waals surface area contributed by atoms with Gasteiger partial charge in [0, 0.05) is 33.1 Å². The molecule has 0 aliphatic carbocycles. The Morgan fingerprint density at radius 2 is 1.52 bits per heavy atom. The number of nitrogens with zero attached hydrogens (tertiary/aromatic N) is 2. The first kappa shape index (κ1) is 15.3. The Hall–Kier alpha value is -2.05. The standard InChI is InChI=1S/C14H15F3N2O2/c1-10(20)18-6-8-19(9-7-18)13(21)11-4-2-3-5-12(11)14(15,16)17/h2-5H,6-9H2,1H3. The van der Waals surface area contributed by atoms with Gasteiger partial charge in [0.1, 0.15) is 0 Å². The Bertz CT molecular complexity index is 549. The van der Waals surface area contributed by atoms with E-state index in [0.717, 1.165) is 6.07 Å². The van der Waals surface area contributed by atoms with Gasteiger partial charge >= 0.3 is 6.18 Å². The minimum absolute atomic E-state index is 0.0993. The molecule has 0 aromatic heterocycles. The molecular weight excluding hydrogens is 285 g/mol. The molecule has 0 unspecified atom stereocenters. The first-order chi connectivity index (χ1) is 9.80. The second-order valence-electron chi connectivity index (χ2n) is 4.84. The lowest BCUT2D eigenvalue weighted by molar-refractivity contribution is -0.138. The van der Waals surface area contributed by atoms with Crippen molar-refractivity contribution in [3.8, 4) is 0 Å². The summed E-state index contributed by atoms with van der Waals surface area (Å²) in [5.74, 6) is -0.746. The minimum Gasteiger partial charge on any atom is -0.339 e. The van der Waals surface area contributed by atoms with E-state index in [1.165, 1.54) is 30.0 Å². The lowest BCUT2D eigenvalue weighted by Gasteiger charge is -2.34. The molecular formula is C14H15F3N2O2. The molecule has 21 heavy (non-hydrogen) atoms. The smallest absolute Gasteiger partial charge is 0.339 e. The summed E-state index contributed by atoms with van der Waals surface area (Å²) in [7, 11) is 0. The van der Waals surface area contributed by atoms with Crippen LogP contribution >= 0.6 is 0 Å². The number of piperazine rings is 1. The quantitative estimate of drug-likeness (QED) is 0.796. The number of carbonyl (C=O) groups is 2. The van der Waals surface area contributed by atoms with Crippen LogP contribution in [0, 0.1) is 0 Å². The predicted molar refractivity (Wildman–Crippen MR) is 69.6 cm³/mol. The van der Waals surface area contributed by atoms with Crippen molar-refractivity contribution in [2.75, 3.05) is 26.2 Å². The number of amides is 2. The summed E-state index contributed by atoms with van der Waals surface area (Å²) >= 11 is 0. The first-order valence-corrected chi connectivity index (χ1v) is 6.51. The Morgan fingerprint density at radius 3 is 2.05 bits per heavy atom. The zero-order valence-electron chi connectivity index (χ0n) is 11.5. The van der Waals surface area contributed by atoms with Gasteiger partial charge in [-0.15, -0.1) is 0 Å². The van der Waals surface area contributed by atoms with Crippen LogP contribution in [-0.2, 0) is 11.0 Å². The zero-order chi connectivity index (χ0) is 15.6. The number of alkyl halides is 3. The van der Waals surface area contributed by atoms with Crippen molar-refractivity contribution >= 4 is 11.8 Å². The molecule has 1 fully saturated rings. The highest BCUT2D eigenvalue weighted by atomic mass is 19.4. The van der Waals surface area contributed by atoms with Gasteiger partial charge in [-0.25, -0.2) is 0 Å². The molecule has 1 aromatic rings. The van der Waals surface area contributed by atoms with Crippen LogP contribution in [0.1, 0.15) is 22.8 Å². The first-order valence-electron chi connectivity index (χ1n) is 6.51. The van der Waals surface area contributed by atoms with Crippen LogP contribution in [-0.4, -0.2) is 47.8 Å². The second kappa shape index (κ2) is 5.75. The van der Waals surface area contributed by atoms with Gasteiger partial charge in [-0.3, -0.25) is 9.59 Å². The molecule has 0 spiro atoms. The van der Waals surface area contributed by atoms with Crippen molar-refractivity contribution in [1.29, 1.82) is 0 Å². The maximum atomic E-state index is 12.9. The average molecular weight is 300 g/mol. The van der Waals surface area contributed by atoms with Crippen molar-refractivity contribution < 1.29 is 22.8 Å². The molecule has 1 heterocycles. The van der Waals surface area contributed by atoms with E-state index >= 15 is 0 Å². The molecule has 0 radical (unpaired) electrons. The van der Waals surface area contributed by atoms with E-state index in [0.29, 0.717) is 13.1 Å². The van der Waals surface area contributed by atoms with Crippen LogP contribution in [0.3, 0.4) is 0 Å². The largest absolute Gasteiger partial charge is 0.417 e. The van der Waals surface area contributed by atoms with Gasteiger partial charge in [0.05, 0.1) is 11.1 Å². The Kier molecular flexibility index (Phi) is 4.20. The molecule has 2 rings (SSSR count). The molecule has 114 valence electrons. The highest BCUT2D eigenvalue weighted by Crippen LogP contribution is 2.32. The van der Waals surface area contributed by atoms with Crippen LogP contribution in [0.2, 0.25) is 0 Å². The van der Waals surface area contributed by atoms with E-state index in [4.69, 9.17) is 0 Å². The van der Waals surface area contributed by atoms with Gasteiger partial charge in [-0.05, 0) is 12.1 Å². The molecule has 2 amide bonds. The normalized spacial score (nSPS) is 16.0. The van der Waals surface area contributed by atoms with E-state index in [1.807, 2.05) is 0 Å². The Morgan fingerprint density at radius 1 is 1.00 bits per heavy atom. The number of hydrogen-bond acceptors (Lipinski definition) is 2. The maximum Gasteiger partial charge on any atom is 0.417 e. The number of rotatable bonds is 1. The van der Waals surface area contributed by atoms with Gasteiger partial charge in [-0.1, -0.05) is 12.1 Å². The van der Waals surface area contributed by atoms with Crippen LogP contribution in [0.15, 0.2) is 24.3 Å². The van der Waals surface area contributed by atoms with Crippen LogP contribution in [0.4, 0.5) is 13.2 Å². The number of hydrogen-bond donors (Lipinski definition) is 0. The van der Waals surface area contributed by atoms with Gasteiger partial charge in [0.15, 0.2) is 0 Å². The molecule has 1 aliphatic rings. The summed E-state index contributed by atoms with van der Waals surface area (Å²) in [6.45, 7) is 2.59. The summed E-state index contributed by atoms with van der Waals surface area (Å²) in [6, 6.07) is 4.75. The fourth-order valence-electron chi connectivity index (χ4n) is 2.31. The van der Waals surface area contributed by atoms with Gasteiger partial charge < -0.3 is 9.80 Å². The van der Waals surface area contributed by atoms with E-state index in [-0.39, 0.29) is 24.6 Å². The molecule has 0 bridgehead atoms. The predicted octanol–water partition coefficient (Wildman–Crippen LogP) is 2.01. The lowest BCUT2D eigenvalue weighted by atomic mass is 10.1. The van der Waals surface area contributed by atoms with E-state index in [1.54, 1.807) is 4.90 Å². The molecule has 4 nitrogen and oxygen atoms in total. The Labute approximate surface area is 120 Å². The molecule has 1 aromatic carbocycles. The van der Waals surface area contributed by atoms with E-state index < -0.39 is 17.6 Å². The van der Waals surface area contributed by atoms with Crippen LogP contribution in [0.5, 0.6) is 0 Å². The molecule has 0 saturated carbocycles. The highest BCUT2D eigenvalue weighted by molar-refractivity contribution is 5.96. The summed E-state index contributed by atoms with van der Waals surface area (Å²) in [4.78, 5) is 26.4. The third kappa shape index (κ3) is 3.34. The third-order valence-electron chi connectivity index (χ3n) is 3.48. The Balaban J connectivity index is 2.17. The van der Waals surface area contributed by atoms with Crippen LogP contribution in [0.25, 0.3) is 0 Å². The zero-order valence-corrected chi connectivity index (χ0v) is 11.5. The van der Waals surface area contributed by atoms with Crippen molar-refractivity contribution in [1.82, 2.24) is 9.80 Å². The summed E-state index contributed by atoms with van der Waals surface area (Å²) in [5.41, 5.74) is -1.27. The van der Waals surface area contributed by atoms with Crippen LogP contribution < -0.4 is 0 Å². The van der Waals surface area contributed by atoms with Crippen molar-refractivity contribution in [3.63, 3.8) is 0 Å². The SMILES string of the molecule is CC(=O)N1CCN(C(=O)c2ccccc2C(F)(F)F)CC1. The fraction of sp³-hybridized carbons (Fsp3) is 0.429. The fourth-order valence-corrected chi connectivity index (χ4v) is 2.31. The number of halogens is 3. The molecule has 0 N–H and O–H groups in total. The van der Waals surface area contributed by atoms with Gasteiger partial charge in [-0.2, -0.15) is 13.2 Å². The third-order valence-corrected chi connectivity index (χ3v) is 3.48. The molecule has 0 atom stereocenters. The lowest BCUT2D eigenvalue weighted by Crippen LogP contribution is -2.50. The average Bonchev–Trinajstić information content (AvgIpc) is 2.45. The summed E-state index contributed by atoms with van der Waals surface area (Å²) < 4.78 is 38.8. The maximum absolute atomic E-state index is 12.9. The van der Waals surface area contributed by atoms with E-state index in [2.05, 4.69) is 0 Å². The summed E-state index contributed by atoms with van der Waals surface area (Å²) in [6.07, 6.45) is -4.56. The van der Waals surface area contributed by atoms with Crippen molar-refractivity contribution in [3.05, 3.63) is 35.4 Å². The number of carbonyl (C=O) groups excluding carboxylic acids is 2. The monoisotopic (exact) mass is 300 g/mol. The van der Waals surface area contributed by atoms with E-state index in [9.17, 15) is 22.8 Å². The second-order valence-corrected chi connectivity index (χ2v) is 4.84. The summed E-state index contributed by atoms with van der Waals surface area (Å²) in [5, 5.41) is 0. The highest BCUT2D eigenvalue weighted by Gasteiger charge is 2.36. The molecule has 1 saturated heterocycles. The number of benzene rings is 1. The van der Waals surface area contributed by atoms with Gasteiger partial charge in [0.25, 0.3) is 5.91 Å². The van der Waals surface area contributed by atoms with Crippen molar-refractivity contribution in [2.45, 2.75) is 13.1 Å². The molecule has 7 heteroatoms.